The smallest absolute Gasteiger partial charge is 0.279 e. The minimum absolute atomic E-state index is 0.188. The molecule has 0 saturated carbocycles. The maximum atomic E-state index is 13.3. The molecule has 9 heteroatoms. The molecular formula is C26H25N3O5S. The zero-order valence-corrected chi connectivity index (χ0v) is 20.2. The van der Waals surface area contributed by atoms with Crippen LogP contribution in [0.15, 0.2) is 88.6 Å². The fourth-order valence-corrected chi connectivity index (χ4v) is 4.32. The molecule has 0 N–H and O–H groups in total. The number of benzene rings is 3. The summed E-state index contributed by atoms with van der Waals surface area (Å²) in [7, 11) is -1.65. The first-order valence-electron chi connectivity index (χ1n) is 11.0. The Kier molecular flexibility index (Phi) is 6.97. The highest BCUT2D eigenvalue weighted by Gasteiger charge is 2.20. The van der Waals surface area contributed by atoms with Crippen LogP contribution in [0.4, 0.5) is 0 Å². The van der Waals surface area contributed by atoms with Crippen molar-refractivity contribution in [2.45, 2.75) is 11.3 Å². The number of amides is 1. The number of rotatable bonds is 8. The van der Waals surface area contributed by atoms with Gasteiger partial charge in [0.1, 0.15) is 5.75 Å². The molecule has 1 heterocycles. The van der Waals surface area contributed by atoms with Gasteiger partial charge in [-0.3, -0.25) is 9.59 Å². The van der Waals surface area contributed by atoms with E-state index in [0.29, 0.717) is 41.8 Å². The Morgan fingerprint density at radius 1 is 0.971 bits per heavy atom. The van der Waals surface area contributed by atoms with Crippen LogP contribution in [0.25, 0.3) is 16.5 Å². The normalized spacial score (nSPS) is 11.4. The highest BCUT2D eigenvalue weighted by molar-refractivity contribution is 7.90. The summed E-state index contributed by atoms with van der Waals surface area (Å²) in [6, 6.07) is 22.2. The van der Waals surface area contributed by atoms with Crippen molar-refractivity contribution in [3.05, 3.63) is 94.9 Å². The second kappa shape index (κ2) is 10.1. The van der Waals surface area contributed by atoms with Crippen LogP contribution < -0.4 is 10.3 Å². The number of aromatic nitrogens is 2. The lowest BCUT2D eigenvalue weighted by molar-refractivity contribution is 0.0782. The van der Waals surface area contributed by atoms with Crippen molar-refractivity contribution in [1.82, 2.24) is 14.7 Å². The van der Waals surface area contributed by atoms with Crippen molar-refractivity contribution in [3.63, 3.8) is 0 Å². The lowest BCUT2D eigenvalue weighted by Gasteiger charge is -2.18. The standard InChI is InChI=1S/C26H25N3O5S/c1-28(16-9-17-34-20-12-8-13-21(18-20)35(2,32)33)26(31)24-22-14-6-7-15-23(22)25(30)29(27-24)19-10-4-3-5-11-19/h3-8,10-15,18H,9,16-17H2,1-2H3. The maximum Gasteiger partial charge on any atom is 0.279 e. The number of nitrogens with zero attached hydrogens (tertiary/aromatic N) is 3. The molecule has 0 fully saturated rings. The average molecular weight is 492 g/mol. The van der Waals surface area contributed by atoms with Crippen LogP contribution in [0.2, 0.25) is 0 Å². The van der Waals surface area contributed by atoms with Gasteiger partial charge in [-0.1, -0.05) is 42.5 Å². The summed E-state index contributed by atoms with van der Waals surface area (Å²) in [5.41, 5.74) is 0.466. The average Bonchev–Trinajstić information content (AvgIpc) is 2.87. The largest absolute Gasteiger partial charge is 0.493 e. The Morgan fingerprint density at radius 3 is 2.37 bits per heavy atom. The van der Waals surface area contributed by atoms with Crippen LogP contribution in [-0.4, -0.2) is 55.5 Å². The summed E-state index contributed by atoms with van der Waals surface area (Å²) in [5.74, 6) is 0.134. The zero-order chi connectivity index (χ0) is 25.0. The SMILES string of the molecule is CN(CCCOc1cccc(S(C)(=O)=O)c1)C(=O)c1nn(-c2ccccc2)c(=O)c2ccccc12. The molecule has 4 aromatic rings. The summed E-state index contributed by atoms with van der Waals surface area (Å²) < 4.78 is 30.4. The number of hydrogen-bond donors (Lipinski definition) is 0. The summed E-state index contributed by atoms with van der Waals surface area (Å²) in [4.78, 5) is 28.1. The number of carbonyl (C=O) groups excluding carboxylic acids is 1. The van der Waals surface area contributed by atoms with Gasteiger partial charge in [-0.05, 0) is 42.8 Å². The lowest BCUT2D eigenvalue weighted by Crippen LogP contribution is -2.32. The summed E-state index contributed by atoms with van der Waals surface area (Å²) >= 11 is 0. The highest BCUT2D eigenvalue weighted by Crippen LogP contribution is 2.19. The molecule has 1 aromatic heterocycles. The predicted molar refractivity (Wildman–Crippen MR) is 134 cm³/mol. The number of carbonyl (C=O) groups is 1. The molecule has 8 nitrogen and oxygen atoms in total. The van der Waals surface area contributed by atoms with E-state index < -0.39 is 9.84 Å². The molecule has 0 aliphatic carbocycles. The molecule has 4 rings (SSSR count). The molecule has 35 heavy (non-hydrogen) atoms. The van der Waals surface area contributed by atoms with Crippen molar-refractivity contribution in [1.29, 1.82) is 0 Å². The molecule has 0 saturated heterocycles. The van der Waals surface area contributed by atoms with Crippen LogP contribution in [-0.2, 0) is 9.84 Å². The molecule has 0 unspecified atom stereocenters. The Balaban J connectivity index is 1.50. The third-order valence-corrected chi connectivity index (χ3v) is 6.61. The van der Waals surface area contributed by atoms with Crippen LogP contribution in [0.3, 0.4) is 0 Å². The Hall–Kier alpha value is -3.98. The summed E-state index contributed by atoms with van der Waals surface area (Å²) in [6.07, 6.45) is 1.66. The van der Waals surface area contributed by atoms with Crippen molar-refractivity contribution in [2.75, 3.05) is 26.5 Å². The van der Waals surface area contributed by atoms with Crippen LogP contribution in [0.1, 0.15) is 16.9 Å². The molecule has 0 bridgehead atoms. The number of ether oxygens (including phenoxy) is 1. The van der Waals surface area contributed by atoms with Gasteiger partial charge in [0.15, 0.2) is 15.5 Å². The van der Waals surface area contributed by atoms with Crippen molar-refractivity contribution in [3.8, 4) is 11.4 Å². The topological polar surface area (TPSA) is 98.6 Å². The molecule has 0 atom stereocenters. The van der Waals surface area contributed by atoms with Crippen molar-refractivity contribution >= 4 is 26.5 Å². The molecular weight excluding hydrogens is 466 g/mol. The number of sulfone groups is 1. The first-order chi connectivity index (χ1) is 16.8. The van der Waals surface area contributed by atoms with Gasteiger partial charge in [-0.25, -0.2) is 8.42 Å². The van der Waals surface area contributed by atoms with Crippen molar-refractivity contribution in [2.24, 2.45) is 0 Å². The first kappa shape index (κ1) is 24.2. The third-order valence-electron chi connectivity index (χ3n) is 5.50. The molecule has 1 amide bonds. The third kappa shape index (κ3) is 5.41. The fraction of sp³-hybridized carbons (Fsp3) is 0.192. The van der Waals surface area contributed by atoms with Gasteiger partial charge in [0.25, 0.3) is 11.5 Å². The quantitative estimate of drug-likeness (QED) is 0.351. The maximum absolute atomic E-state index is 13.3. The highest BCUT2D eigenvalue weighted by atomic mass is 32.2. The second-order valence-corrected chi connectivity index (χ2v) is 10.1. The number of fused-ring (bicyclic) bond motifs is 1. The van der Waals surface area contributed by atoms with E-state index in [9.17, 15) is 18.0 Å². The van der Waals surface area contributed by atoms with E-state index in [1.165, 1.54) is 21.7 Å². The molecule has 180 valence electrons. The molecule has 0 aliphatic rings. The summed E-state index contributed by atoms with van der Waals surface area (Å²) in [6.45, 7) is 0.674. The fourth-order valence-electron chi connectivity index (χ4n) is 3.66. The van der Waals surface area contributed by atoms with E-state index in [2.05, 4.69) is 5.10 Å². The Morgan fingerprint density at radius 2 is 1.66 bits per heavy atom. The Labute approximate surface area is 203 Å². The predicted octanol–water partition coefficient (Wildman–Crippen LogP) is 3.33. The van der Waals surface area contributed by atoms with Gasteiger partial charge in [-0.15, -0.1) is 0 Å². The van der Waals surface area contributed by atoms with Gasteiger partial charge in [0, 0.05) is 25.2 Å². The Bertz CT molecular complexity index is 1530. The van der Waals surface area contributed by atoms with Crippen LogP contribution in [0.5, 0.6) is 5.75 Å². The summed E-state index contributed by atoms with van der Waals surface area (Å²) in [5, 5.41) is 5.33. The van der Waals surface area contributed by atoms with E-state index in [-0.39, 0.29) is 22.1 Å². The van der Waals surface area contributed by atoms with Gasteiger partial charge < -0.3 is 9.64 Å². The van der Waals surface area contributed by atoms with Crippen LogP contribution in [0, 0.1) is 0 Å². The van der Waals surface area contributed by atoms with E-state index in [0.717, 1.165) is 6.26 Å². The van der Waals surface area contributed by atoms with Gasteiger partial charge in [-0.2, -0.15) is 9.78 Å². The van der Waals surface area contributed by atoms with Crippen LogP contribution >= 0.6 is 0 Å². The number of hydrogen-bond acceptors (Lipinski definition) is 6. The second-order valence-electron chi connectivity index (χ2n) is 8.12. The molecule has 0 aliphatic heterocycles. The van der Waals surface area contributed by atoms with Crippen molar-refractivity contribution < 1.29 is 17.9 Å². The van der Waals surface area contributed by atoms with E-state index in [1.54, 1.807) is 67.7 Å². The number of para-hydroxylation sites is 1. The monoisotopic (exact) mass is 491 g/mol. The minimum Gasteiger partial charge on any atom is -0.493 e. The van der Waals surface area contributed by atoms with E-state index in [4.69, 9.17) is 4.74 Å². The zero-order valence-electron chi connectivity index (χ0n) is 19.4. The molecule has 0 radical (unpaired) electrons. The van der Waals surface area contributed by atoms with Gasteiger partial charge in [0.2, 0.25) is 0 Å². The lowest BCUT2D eigenvalue weighted by atomic mass is 10.1. The van der Waals surface area contributed by atoms with E-state index in [1.807, 2.05) is 6.07 Å². The molecule has 0 spiro atoms. The van der Waals surface area contributed by atoms with Gasteiger partial charge in [0.05, 0.1) is 22.6 Å². The minimum atomic E-state index is -3.32. The first-order valence-corrected chi connectivity index (χ1v) is 12.9. The van der Waals surface area contributed by atoms with Gasteiger partial charge >= 0.3 is 0 Å². The van der Waals surface area contributed by atoms with E-state index >= 15 is 0 Å². The molecule has 3 aromatic carbocycles.